The summed E-state index contributed by atoms with van der Waals surface area (Å²) in [7, 11) is 0. The van der Waals surface area contributed by atoms with Gasteiger partial charge in [-0.3, -0.25) is 0 Å². The highest BCUT2D eigenvalue weighted by Crippen LogP contribution is 2.61. The molecule has 3 fully saturated rings. The summed E-state index contributed by atoms with van der Waals surface area (Å²) in [6.45, 7) is 4.09. The molecular formula is C8H12O2. The zero-order valence-corrected chi connectivity index (χ0v) is 6.06. The van der Waals surface area contributed by atoms with E-state index in [1.165, 1.54) is 12.8 Å². The van der Waals surface area contributed by atoms with Crippen molar-refractivity contribution in [3.05, 3.63) is 0 Å². The third-order valence-electron chi connectivity index (χ3n) is 3.13. The standard InChI is InChI=1S/C8H12O2/c1-7(3-9-4-7)2-8(1)5-10-6-8/h1-6H2. The Morgan fingerprint density at radius 2 is 1.10 bits per heavy atom. The third kappa shape index (κ3) is 0.487. The molecule has 0 radical (unpaired) electrons. The van der Waals surface area contributed by atoms with Crippen LogP contribution in [-0.2, 0) is 9.47 Å². The van der Waals surface area contributed by atoms with Crippen LogP contribution in [0.2, 0.25) is 0 Å². The van der Waals surface area contributed by atoms with Crippen molar-refractivity contribution in [2.75, 3.05) is 26.4 Å². The predicted octanol–water partition coefficient (Wildman–Crippen LogP) is 0.813. The molecule has 2 heterocycles. The van der Waals surface area contributed by atoms with Crippen molar-refractivity contribution in [3.8, 4) is 0 Å². The van der Waals surface area contributed by atoms with Gasteiger partial charge in [-0.1, -0.05) is 0 Å². The average molecular weight is 140 g/mol. The summed E-state index contributed by atoms with van der Waals surface area (Å²) in [6.07, 6.45) is 2.75. The molecule has 0 aromatic heterocycles. The minimum absolute atomic E-state index is 0.629. The topological polar surface area (TPSA) is 18.5 Å². The quantitative estimate of drug-likeness (QED) is 0.496. The van der Waals surface area contributed by atoms with Crippen LogP contribution in [0.3, 0.4) is 0 Å². The molecule has 56 valence electrons. The molecular weight excluding hydrogens is 128 g/mol. The van der Waals surface area contributed by atoms with Gasteiger partial charge in [-0.25, -0.2) is 0 Å². The van der Waals surface area contributed by atoms with Crippen LogP contribution in [0.15, 0.2) is 0 Å². The fourth-order valence-electron chi connectivity index (χ4n) is 2.73. The first-order valence-corrected chi connectivity index (χ1v) is 3.98. The highest BCUT2D eigenvalue weighted by Gasteiger charge is 2.61. The largest absolute Gasteiger partial charge is 0.380 e. The summed E-state index contributed by atoms with van der Waals surface area (Å²) in [6, 6.07) is 0. The molecule has 3 aliphatic rings. The molecule has 1 aliphatic carbocycles. The van der Waals surface area contributed by atoms with Crippen LogP contribution in [0.4, 0.5) is 0 Å². The van der Waals surface area contributed by atoms with Crippen LogP contribution in [0.5, 0.6) is 0 Å². The average Bonchev–Trinajstić information content (AvgIpc) is 1.52. The first kappa shape index (κ1) is 5.56. The van der Waals surface area contributed by atoms with Crippen LogP contribution in [0.1, 0.15) is 12.8 Å². The molecule has 2 saturated heterocycles. The van der Waals surface area contributed by atoms with Crippen LogP contribution in [-0.4, -0.2) is 26.4 Å². The van der Waals surface area contributed by atoms with E-state index in [9.17, 15) is 0 Å². The van der Waals surface area contributed by atoms with Crippen molar-refractivity contribution in [3.63, 3.8) is 0 Å². The van der Waals surface area contributed by atoms with Gasteiger partial charge in [-0.2, -0.15) is 0 Å². The molecule has 2 spiro atoms. The maximum absolute atomic E-state index is 5.20. The smallest absolute Gasteiger partial charge is 0.0545 e. The lowest BCUT2D eigenvalue weighted by Gasteiger charge is -2.63. The van der Waals surface area contributed by atoms with Crippen LogP contribution < -0.4 is 0 Å². The fourth-order valence-corrected chi connectivity index (χ4v) is 2.73. The molecule has 0 atom stereocenters. The number of ether oxygens (including phenoxy) is 2. The van der Waals surface area contributed by atoms with Crippen LogP contribution >= 0.6 is 0 Å². The van der Waals surface area contributed by atoms with Crippen molar-refractivity contribution in [2.24, 2.45) is 10.8 Å². The summed E-state index contributed by atoms with van der Waals surface area (Å²) in [5.41, 5.74) is 1.26. The van der Waals surface area contributed by atoms with E-state index in [1.807, 2.05) is 0 Å². The Balaban J connectivity index is 1.69. The maximum atomic E-state index is 5.20. The van der Waals surface area contributed by atoms with Gasteiger partial charge >= 0.3 is 0 Å². The highest BCUT2D eigenvalue weighted by molar-refractivity contribution is 5.09. The normalized spacial score (nSPS) is 38.4. The second kappa shape index (κ2) is 1.41. The lowest BCUT2D eigenvalue weighted by atomic mass is 9.51. The van der Waals surface area contributed by atoms with Gasteiger partial charge in [-0.15, -0.1) is 0 Å². The van der Waals surface area contributed by atoms with Crippen molar-refractivity contribution in [1.29, 1.82) is 0 Å². The van der Waals surface area contributed by atoms with E-state index in [0.717, 1.165) is 26.4 Å². The molecule has 0 bridgehead atoms. The molecule has 10 heavy (non-hydrogen) atoms. The monoisotopic (exact) mass is 140 g/mol. The zero-order valence-electron chi connectivity index (χ0n) is 6.06. The van der Waals surface area contributed by atoms with E-state index in [-0.39, 0.29) is 0 Å². The second-order valence-corrected chi connectivity index (χ2v) is 4.34. The van der Waals surface area contributed by atoms with Crippen LogP contribution in [0.25, 0.3) is 0 Å². The first-order valence-electron chi connectivity index (χ1n) is 3.98. The van der Waals surface area contributed by atoms with Gasteiger partial charge in [0.05, 0.1) is 26.4 Å². The third-order valence-corrected chi connectivity index (χ3v) is 3.13. The molecule has 2 nitrogen and oxygen atoms in total. The molecule has 3 rings (SSSR count). The lowest BCUT2D eigenvalue weighted by Crippen LogP contribution is -2.64. The van der Waals surface area contributed by atoms with E-state index in [0.29, 0.717) is 10.8 Å². The van der Waals surface area contributed by atoms with E-state index in [1.54, 1.807) is 0 Å². The molecule has 1 saturated carbocycles. The van der Waals surface area contributed by atoms with Gasteiger partial charge < -0.3 is 9.47 Å². The Kier molecular flexibility index (Phi) is 0.783. The second-order valence-electron chi connectivity index (χ2n) is 4.34. The van der Waals surface area contributed by atoms with Gasteiger partial charge in [0.15, 0.2) is 0 Å². The van der Waals surface area contributed by atoms with E-state index >= 15 is 0 Å². The van der Waals surface area contributed by atoms with Gasteiger partial charge in [0, 0.05) is 10.8 Å². The van der Waals surface area contributed by atoms with Crippen molar-refractivity contribution < 1.29 is 9.47 Å². The number of hydrogen-bond donors (Lipinski definition) is 0. The SMILES string of the molecule is C1OCC12CC1(COC1)C2. The molecule has 0 unspecified atom stereocenters. The van der Waals surface area contributed by atoms with E-state index in [4.69, 9.17) is 9.47 Å². The Bertz CT molecular complexity index is 140. The molecule has 2 aliphatic heterocycles. The summed E-state index contributed by atoms with van der Waals surface area (Å²) in [4.78, 5) is 0. The summed E-state index contributed by atoms with van der Waals surface area (Å²) in [5.74, 6) is 0. The van der Waals surface area contributed by atoms with E-state index in [2.05, 4.69) is 0 Å². The maximum Gasteiger partial charge on any atom is 0.0545 e. The van der Waals surface area contributed by atoms with Gasteiger partial charge in [0.2, 0.25) is 0 Å². The van der Waals surface area contributed by atoms with Gasteiger partial charge in [0.1, 0.15) is 0 Å². The van der Waals surface area contributed by atoms with Crippen molar-refractivity contribution in [2.45, 2.75) is 12.8 Å². The minimum atomic E-state index is 0.629. The molecule has 2 heteroatoms. The summed E-state index contributed by atoms with van der Waals surface area (Å²) < 4.78 is 10.4. The van der Waals surface area contributed by atoms with Gasteiger partial charge in [0.25, 0.3) is 0 Å². The van der Waals surface area contributed by atoms with Crippen molar-refractivity contribution in [1.82, 2.24) is 0 Å². The summed E-state index contributed by atoms with van der Waals surface area (Å²) >= 11 is 0. The van der Waals surface area contributed by atoms with Crippen LogP contribution in [0, 0.1) is 10.8 Å². The fraction of sp³-hybridized carbons (Fsp3) is 1.00. The van der Waals surface area contributed by atoms with Gasteiger partial charge in [-0.05, 0) is 12.8 Å². The first-order chi connectivity index (χ1) is 4.83. The highest BCUT2D eigenvalue weighted by atomic mass is 16.5. The summed E-state index contributed by atoms with van der Waals surface area (Å²) in [5, 5.41) is 0. The Hall–Kier alpha value is -0.0800. The Labute approximate surface area is 60.5 Å². The predicted molar refractivity (Wildman–Crippen MR) is 35.7 cm³/mol. The number of rotatable bonds is 0. The minimum Gasteiger partial charge on any atom is -0.380 e. The molecule has 0 aromatic carbocycles. The lowest BCUT2D eigenvalue weighted by molar-refractivity contribution is -0.279. The Morgan fingerprint density at radius 1 is 0.700 bits per heavy atom. The number of hydrogen-bond acceptors (Lipinski definition) is 2. The zero-order chi connectivity index (χ0) is 6.66. The van der Waals surface area contributed by atoms with Crippen molar-refractivity contribution >= 4 is 0 Å². The molecule has 0 aromatic rings. The van der Waals surface area contributed by atoms with E-state index < -0.39 is 0 Å². The Morgan fingerprint density at radius 3 is 1.30 bits per heavy atom. The molecule has 0 amide bonds. The molecule has 0 N–H and O–H groups in total.